The Morgan fingerprint density at radius 3 is 3.16 bits per heavy atom. The van der Waals surface area contributed by atoms with Crippen LogP contribution < -0.4 is 5.32 Å². The Morgan fingerprint density at radius 1 is 1.53 bits per heavy atom. The molecule has 5 nitrogen and oxygen atoms in total. The molecule has 100 valence electrons. The molecule has 19 heavy (non-hydrogen) atoms. The zero-order valence-electron chi connectivity index (χ0n) is 10.8. The standard InChI is InChI=1S/C14H16N2O3/c1-18-14(17)9-4-5-12-11(7-9)16-13(19-12)10-3-2-6-15-8-10/h4-5,7,10,15H,2-3,6,8H2,1H3. The van der Waals surface area contributed by atoms with Gasteiger partial charge in [-0.2, -0.15) is 0 Å². The van der Waals surface area contributed by atoms with E-state index in [4.69, 9.17) is 9.15 Å². The molecule has 1 aliphatic rings. The molecule has 0 amide bonds. The zero-order valence-corrected chi connectivity index (χ0v) is 10.8. The molecule has 0 radical (unpaired) electrons. The van der Waals surface area contributed by atoms with E-state index >= 15 is 0 Å². The minimum absolute atomic E-state index is 0.322. The summed E-state index contributed by atoms with van der Waals surface area (Å²) in [5.41, 5.74) is 1.92. The molecule has 1 aromatic heterocycles. The van der Waals surface area contributed by atoms with Crippen LogP contribution in [0.15, 0.2) is 22.6 Å². The number of nitrogens with one attached hydrogen (secondary N) is 1. The van der Waals surface area contributed by atoms with E-state index in [2.05, 4.69) is 10.3 Å². The number of hydrogen-bond acceptors (Lipinski definition) is 5. The molecule has 1 saturated heterocycles. The third-order valence-corrected chi connectivity index (χ3v) is 3.47. The quantitative estimate of drug-likeness (QED) is 0.837. The fourth-order valence-corrected chi connectivity index (χ4v) is 2.43. The second-order valence-corrected chi connectivity index (χ2v) is 4.77. The molecule has 1 aromatic carbocycles. The predicted octanol–water partition coefficient (Wildman–Crippen LogP) is 2.08. The van der Waals surface area contributed by atoms with Crippen LogP contribution in [0, 0.1) is 0 Å². The average molecular weight is 260 g/mol. The maximum atomic E-state index is 11.5. The van der Waals surface area contributed by atoms with Crippen LogP contribution in [-0.4, -0.2) is 31.2 Å². The van der Waals surface area contributed by atoms with Crippen molar-refractivity contribution in [2.45, 2.75) is 18.8 Å². The predicted molar refractivity (Wildman–Crippen MR) is 70.2 cm³/mol. The van der Waals surface area contributed by atoms with Crippen LogP contribution >= 0.6 is 0 Å². The first-order chi connectivity index (χ1) is 9.28. The number of methoxy groups -OCH3 is 1. The maximum Gasteiger partial charge on any atom is 0.337 e. The summed E-state index contributed by atoms with van der Waals surface area (Å²) in [5, 5.41) is 3.34. The van der Waals surface area contributed by atoms with Gasteiger partial charge in [-0.15, -0.1) is 0 Å². The highest BCUT2D eigenvalue weighted by Gasteiger charge is 2.21. The van der Waals surface area contributed by atoms with E-state index in [1.165, 1.54) is 7.11 Å². The van der Waals surface area contributed by atoms with Gasteiger partial charge in [0, 0.05) is 12.5 Å². The van der Waals surface area contributed by atoms with Crippen molar-refractivity contribution in [3.8, 4) is 0 Å². The molecular formula is C14H16N2O3. The highest BCUT2D eigenvalue weighted by Crippen LogP contribution is 2.26. The van der Waals surface area contributed by atoms with Crippen molar-refractivity contribution in [2.24, 2.45) is 0 Å². The highest BCUT2D eigenvalue weighted by atomic mass is 16.5. The normalized spacial score (nSPS) is 19.5. The fourth-order valence-electron chi connectivity index (χ4n) is 2.43. The second kappa shape index (κ2) is 5.01. The Morgan fingerprint density at radius 2 is 2.42 bits per heavy atom. The number of esters is 1. The number of aromatic nitrogens is 1. The fraction of sp³-hybridized carbons (Fsp3) is 0.429. The average Bonchev–Trinajstić information content (AvgIpc) is 2.90. The first-order valence-electron chi connectivity index (χ1n) is 6.47. The summed E-state index contributed by atoms with van der Waals surface area (Å²) in [4.78, 5) is 16.0. The Labute approximate surface area is 111 Å². The van der Waals surface area contributed by atoms with Crippen molar-refractivity contribution in [1.29, 1.82) is 0 Å². The summed E-state index contributed by atoms with van der Waals surface area (Å²) >= 11 is 0. The lowest BCUT2D eigenvalue weighted by atomic mass is 10.00. The van der Waals surface area contributed by atoms with Crippen molar-refractivity contribution in [3.05, 3.63) is 29.7 Å². The molecule has 1 fully saturated rings. The summed E-state index contributed by atoms with van der Waals surface area (Å²) in [5.74, 6) is 0.720. The highest BCUT2D eigenvalue weighted by molar-refractivity contribution is 5.93. The van der Waals surface area contributed by atoms with E-state index in [0.717, 1.165) is 31.8 Å². The molecule has 0 aliphatic carbocycles. The number of carbonyl (C=O) groups is 1. The largest absolute Gasteiger partial charge is 0.465 e. The van der Waals surface area contributed by atoms with Gasteiger partial charge in [-0.3, -0.25) is 0 Å². The van der Waals surface area contributed by atoms with Crippen molar-refractivity contribution in [2.75, 3.05) is 20.2 Å². The molecule has 0 saturated carbocycles. The Hall–Kier alpha value is -1.88. The number of ether oxygens (including phenoxy) is 1. The van der Waals surface area contributed by atoms with Crippen LogP contribution in [0.3, 0.4) is 0 Å². The molecule has 5 heteroatoms. The number of fused-ring (bicyclic) bond motifs is 1. The number of rotatable bonds is 2. The van der Waals surface area contributed by atoms with E-state index < -0.39 is 0 Å². The molecule has 2 heterocycles. The molecule has 1 unspecified atom stereocenters. The molecule has 0 bridgehead atoms. The lowest BCUT2D eigenvalue weighted by Gasteiger charge is -2.19. The van der Waals surface area contributed by atoms with Gasteiger partial charge in [0.25, 0.3) is 0 Å². The molecule has 2 aromatic rings. The van der Waals surface area contributed by atoms with Gasteiger partial charge in [0.05, 0.1) is 12.7 Å². The third-order valence-electron chi connectivity index (χ3n) is 3.47. The van der Waals surface area contributed by atoms with Gasteiger partial charge in [-0.1, -0.05) is 0 Å². The van der Waals surface area contributed by atoms with Gasteiger partial charge in [-0.05, 0) is 37.6 Å². The summed E-state index contributed by atoms with van der Waals surface area (Å²) in [7, 11) is 1.37. The second-order valence-electron chi connectivity index (χ2n) is 4.77. The van der Waals surface area contributed by atoms with E-state index in [1.54, 1.807) is 18.2 Å². The van der Waals surface area contributed by atoms with Gasteiger partial charge >= 0.3 is 5.97 Å². The number of benzene rings is 1. The van der Waals surface area contributed by atoms with Crippen LogP contribution in [0.5, 0.6) is 0 Å². The lowest BCUT2D eigenvalue weighted by Crippen LogP contribution is -2.28. The van der Waals surface area contributed by atoms with Crippen molar-refractivity contribution in [3.63, 3.8) is 0 Å². The van der Waals surface area contributed by atoms with Gasteiger partial charge in [0.1, 0.15) is 5.52 Å². The Bertz CT molecular complexity index is 600. The third kappa shape index (κ3) is 2.33. The zero-order chi connectivity index (χ0) is 13.2. The van der Waals surface area contributed by atoms with Gasteiger partial charge < -0.3 is 14.5 Å². The monoisotopic (exact) mass is 260 g/mol. The molecule has 1 N–H and O–H groups in total. The number of oxazole rings is 1. The molecule has 3 rings (SSSR count). The Balaban J connectivity index is 1.93. The van der Waals surface area contributed by atoms with Gasteiger partial charge in [0.15, 0.2) is 11.5 Å². The topological polar surface area (TPSA) is 64.4 Å². The smallest absolute Gasteiger partial charge is 0.337 e. The summed E-state index contributed by atoms with van der Waals surface area (Å²) < 4.78 is 10.5. The summed E-state index contributed by atoms with van der Waals surface area (Å²) in [6, 6.07) is 5.18. The van der Waals surface area contributed by atoms with E-state index in [9.17, 15) is 4.79 Å². The van der Waals surface area contributed by atoms with Crippen molar-refractivity contribution < 1.29 is 13.9 Å². The van der Waals surface area contributed by atoms with Gasteiger partial charge in [0.2, 0.25) is 0 Å². The van der Waals surface area contributed by atoms with Crippen molar-refractivity contribution >= 4 is 17.1 Å². The summed E-state index contributed by atoms with van der Waals surface area (Å²) in [6.07, 6.45) is 2.22. The first kappa shape index (κ1) is 12.2. The molecule has 1 atom stereocenters. The van der Waals surface area contributed by atoms with E-state index in [1.807, 2.05) is 0 Å². The van der Waals surface area contributed by atoms with E-state index in [0.29, 0.717) is 22.6 Å². The first-order valence-corrected chi connectivity index (χ1v) is 6.47. The molecule has 0 spiro atoms. The minimum Gasteiger partial charge on any atom is -0.465 e. The SMILES string of the molecule is COC(=O)c1ccc2oc(C3CCCNC3)nc2c1. The van der Waals surface area contributed by atoms with Crippen LogP contribution in [0.25, 0.3) is 11.1 Å². The number of hydrogen-bond donors (Lipinski definition) is 1. The number of piperidine rings is 1. The maximum absolute atomic E-state index is 11.5. The van der Waals surface area contributed by atoms with Crippen LogP contribution in [0.2, 0.25) is 0 Å². The molecule has 1 aliphatic heterocycles. The van der Waals surface area contributed by atoms with Crippen LogP contribution in [0.4, 0.5) is 0 Å². The lowest BCUT2D eigenvalue weighted by molar-refractivity contribution is 0.0601. The van der Waals surface area contributed by atoms with Gasteiger partial charge in [-0.25, -0.2) is 9.78 Å². The molecular weight excluding hydrogens is 244 g/mol. The van der Waals surface area contributed by atoms with E-state index in [-0.39, 0.29) is 5.97 Å². The number of nitrogens with zero attached hydrogens (tertiary/aromatic N) is 1. The number of carbonyl (C=O) groups excluding carboxylic acids is 1. The van der Waals surface area contributed by atoms with Crippen LogP contribution in [0.1, 0.15) is 35.0 Å². The minimum atomic E-state index is -0.356. The Kier molecular flexibility index (Phi) is 3.21. The van der Waals surface area contributed by atoms with Crippen LogP contribution in [-0.2, 0) is 4.74 Å². The van der Waals surface area contributed by atoms with Crippen molar-refractivity contribution in [1.82, 2.24) is 10.3 Å². The summed E-state index contributed by atoms with van der Waals surface area (Å²) in [6.45, 7) is 1.96.